The van der Waals surface area contributed by atoms with Gasteiger partial charge in [0, 0.05) is 12.7 Å². The van der Waals surface area contributed by atoms with Crippen LogP contribution < -0.4 is 11.1 Å². The van der Waals surface area contributed by atoms with Crippen LogP contribution in [0.25, 0.3) is 0 Å². The lowest BCUT2D eigenvalue weighted by Crippen LogP contribution is -2.26. The van der Waals surface area contributed by atoms with Crippen LogP contribution in [0.3, 0.4) is 0 Å². The van der Waals surface area contributed by atoms with Gasteiger partial charge in [-0.1, -0.05) is 11.6 Å². The molecule has 0 aliphatic rings. The minimum atomic E-state index is -0.212. The molecule has 4 nitrogen and oxygen atoms in total. The van der Waals surface area contributed by atoms with Crippen molar-refractivity contribution in [1.29, 1.82) is 0 Å². The molecular weight excluding hydrogens is 202 g/mol. The number of nitrogens with two attached hydrogens (primary N) is 1. The molecule has 0 spiro atoms. The molecule has 0 radical (unpaired) electrons. The predicted molar refractivity (Wildman–Crippen MR) is 55.3 cm³/mol. The second-order valence-electron chi connectivity index (χ2n) is 2.74. The van der Waals surface area contributed by atoms with Crippen molar-refractivity contribution in [2.45, 2.75) is 6.42 Å². The van der Waals surface area contributed by atoms with E-state index in [9.17, 15) is 4.79 Å². The van der Waals surface area contributed by atoms with E-state index in [1.165, 1.54) is 0 Å². The van der Waals surface area contributed by atoms with E-state index in [4.69, 9.17) is 17.3 Å². The molecule has 0 unspecified atom stereocenters. The predicted octanol–water partition coefficient (Wildman–Crippen LogP) is 0.814. The van der Waals surface area contributed by atoms with Gasteiger partial charge in [0.1, 0.15) is 5.15 Å². The zero-order valence-electron chi connectivity index (χ0n) is 7.66. The van der Waals surface area contributed by atoms with Crippen LogP contribution in [0, 0.1) is 0 Å². The van der Waals surface area contributed by atoms with Crippen molar-refractivity contribution < 1.29 is 4.79 Å². The molecule has 0 atom stereocenters. The molecule has 76 valence electrons. The summed E-state index contributed by atoms with van der Waals surface area (Å²) in [7, 11) is 0. The van der Waals surface area contributed by atoms with Crippen LogP contribution in [0.1, 0.15) is 16.8 Å². The van der Waals surface area contributed by atoms with Crippen LogP contribution in [0.4, 0.5) is 0 Å². The fourth-order valence-corrected chi connectivity index (χ4v) is 1.16. The van der Waals surface area contributed by atoms with E-state index in [0.29, 0.717) is 18.7 Å². The smallest absolute Gasteiger partial charge is 0.254 e. The number of rotatable bonds is 4. The highest BCUT2D eigenvalue weighted by atomic mass is 35.5. The maximum Gasteiger partial charge on any atom is 0.254 e. The third kappa shape index (κ3) is 2.97. The third-order valence-corrected chi connectivity index (χ3v) is 1.97. The van der Waals surface area contributed by atoms with Crippen LogP contribution in [-0.2, 0) is 0 Å². The quantitative estimate of drug-likeness (QED) is 0.575. The van der Waals surface area contributed by atoms with Crippen LogP contribution in [-0.4, -0.2) is 24.0 Å². The normalized spacial score (nSPS) is 9.86. The summed E-state index contributed by atoms with van der Waals surface area (Å²) in [5, 5.41) is 2.92. The topological polar surface area (TPSA) is 68.0 Å². The average Bonchev–Trinajstić information content (AvgIpc) is 2.18. The van der Waals surface area contributed by atoms with Gasteiger partial charge in [-0.15, -0.1) is 0 Å². The average molecular weight is 214 g/mol. The Morgan fingerprint density at radius 3 is 3.07 bits per heavy atom. The van der Waals surface area contributed by atoms with Crippen LogP contribution in [0.5, 0.6) is 0 Å². The van der Waals surface area contributed by atoms with E-state index in [-0.39, 0.29) is 11.1 Å². The molecule has 1 aromatic rings. The molecule has 1 heterocycles. The van der Waals surface area contributed by atoms with Crippen molar-refractivity contribution in [1.82, 2.24) is 10.3 Å². The number of carbonyl (C=O) groups is 1. The minimum Gasteiger partial charge on any atom is -0.352 e. The number of nitrogens with zero attached hydrogens (tertiary/aromatic N) is 1. The van der Waals surface area contributed by atoms with Crippen LogP contribution in [0.2, 0.25) is 5.15 Å². The molecule has 5 heteroatoms. The Morgan fingerprint density at radius 2 is 2.43 bits per heavy atom. The molecule has 0 bridgehead atoms. The monoisotopic (exact) mass is 213 g/mol. The molecule has 14 heavy (non-hydrogen) atoms. The number of nitrogens with one attached hydrogen (secondary N) is 1. The summed E-state index contributed by atoms with van der Waals surface area (Å²) in [6.07, 6.45) is 2.29. The van der Waals surface area contributed by atoms with E-state index in [0.717, 1.165) is 6.42 Å². The van der Waals surface area contributed by atoms with E-state index in [1.807, 2.05) is 0 Å². The fourth-order valence-electron chi connectivity index (χ4n) is 0.955. The molecule has 0 aromatic carbocycles. The molecule has 0 aliphatic heterocycles. The van der Waals surface area contributed by atoms with Crippen molar-refractivity contribution in [3.8, 4) is 0 Å². The standard InChI is InChI=1S/C9H12ClN3O/c10-8-7(3-1-5-12-8)9(14)13-6-2-4-11/h1,3,5H,2,4,6,11H2,(H,13,14). The number of carbonyl (C=O) groups excluding carboxylic acids is 1. The van der Waals surface area contributed by atoms with Gasteiger partial charge in [-0.3, -0.25) is 4.79 Å². The van der Waals surface area contributed by atoms with Gasteiger partial charge in [0.2, 0.25) is 0 Å². The van der Waals surface area contributed by atoms with E-state index < -0.39 is 0 Å². The third-order valence-electron chi connectivity index (χ3n) is 1.67. The molecule has 1 aromatic heterocycles. The molecule has 1 rings (SSSR count). The highest BCUT2D eigenvalue weighted by molar-refractivity contribution is 6.32. The summed E-state index contributed by atoms with van der Waals surface area (Å²) in [5.41, 5.74) is 5.69. The summed E-state index contributed by atoms with van der Waals surface area (Å²) in [5.74, 6) is -0.212. The van der Waals surface area contributed by atoms with Crippen molar-refractivity contribution in [3.63, 3.8) is 0 Å². The lowest BCUT2D eigenvalue weighted by molar-refractivity contribution is 0.0953. The maximum atomic E-state index is 11.5. The molecule has 0 aliphatic carbocycles. The first-order valence-corrected chi connectivity index (χ1v) is 4.72. The SMILES string of the molecule is NCCCNC(=O)c1cccnc1Cl. The first kappa shape index (κ1) is 10.9. The van der Waals surface area contributed by atoms with Crippen molar-refractivity contribution >= 4 is 17.5 Å². The van der Waals surface area contributed by atoms with Gasteiger partial charge < -0.3 is 11.1 Å². The van der Waals surface area contributed by atoms with E-state index >= 15 is 0 Å². The summed E-state index contributed by atoms with van der Waals surface area (Å²) in [6.45, 7) is 1.11. The van der Waals surface area contributed by atoms with Gasteiger partial charge in [0.25, 0.3) is 5.91 Å². The largest absolute Gasteiger partial charge is 0.352 e. The minimum absolute atomic E-state index is 0.212. The second-order valence-corrected chi connectivity index (χ2v) is 3.10. The van der Waals surface area contributed by atoms with E-state index in [2.05, 4.69) is 10.3 Å². The van der Waals surface area contributed by atoms with Gasteiger partial charge in [0.15, 0.2) is 0 Å². The Balaban J connectivity index is 2.56. The summed E-state index contributed by atoms with van der Waals surface area (Å²) >= 11 is 5.74. The Labute approximate surface area is 87.5 Å². The molecule has 0 saturated carbocycles. The summed E-state index contributed by atoms with van der Waals surface area (Å²) in [4.78, 5) is 15.3. The van der Waals surface area contributed by atoms with Crippen molar-refractivity contribution in [3.05, 3.63) is 29.0 Å². The van der Waals surface area contributed by atoms with Gasteiger partial charge >= 0.3 is 0 Å². The Kier molecular flexibility index (Phi) is 4.35. The Morgan fingerprint density at radius 1 is 1.64 bits per heavy atom. The van der Waals surface area contributed by atoms with Crippen LogP contribution in [0.15, 0.2) is 18.3 Å². The lowest BCUT2D eigenvalue weighted by atomic mass is 10.2. The fraction of sp³-hybridized carbons (Fsp3) is 0.333. The second kappa shape index (κ2) is 5.57. The number of aromatic nitrogens is 1. The van der Waals surface area contributed by atoms with Crippen molar-refractivity contribution in [2.75, 3.05) is 13.1 Å². The Hall–Kier alpha value is -1.13. The molecular formula is C9H12ClN3O. The van der Waals surface area contributed by atoms with Gasteiger partial charge in [-0.2, -0.15) is 0 Å². The maximum absolute atomic E-state index is 11.5. The number of amides is 1. The zero-order chi connectivity index (χ0) is 10.4. The number of hydrogen-bond acceptors (Lipinski definition) is 3. The molecule has 3 N–H and O–H groups in total. The highest BCUT2D eigenvalue weighted by Crippen LogP contribution is 2.10. The Bertz CT molecular complexity index is 317. The molecule has 0 fully saturated rings. The van der Waals surface area contributed by atoms with Gasteiger partial charge in [0.05, 0.1) is 5.56 Å². The van der Waals surface area contributed by atoms with Gasteiger partial charge in [-0.05, 0) is 25.1 Å². The highest BCUT2D eigenvalue weighted by Gasteiger charge is 2.08. The number of pyridine rings is 1. The molecule has 1 amide bonds. The van der Waals surface area contributed by atoms with Crippen molar-refractivity contribution in [2.24, 2.45) is 5.73 Å². The first-order valence-electron chi connectivity index (χ1n) is 4.34. The summed E-state index contributed by atoms with van der Waals surface area (Å²) in [6, 6.07) is 3.30. The van der Waals surface area contributed by atoms with Crippen LogP contribution >= 0.6 is 11.6 Å². The number of hydrogen-bond donors (Lipinski definition) is 2. The lowest BCUT2D eigenvalue weighted by Gasteiger charge is -2.04. The first-order chi connectivity index (χ1) is 6.75. The van der Waals surface area contributed by atoms with E-state index in [1.54, 1.807) is 18.3 Å². The van der Waals surface area contributed by atoms with Gasteiger partial charge in [-0.25, -0.2) is 4.98 Å². The number of halogens is 1. The summed E-state index contributed by atoms with van der Waals surface area (Å²) < 4.78 is 0. The zero-order valence-corrected chi connectivity index (χ0v) is 8.42. The molecule has 0 saturated heterocycles.